The van der Waals surface area contributed by atoms with Crippen LogP contribution in [0.2, 0.25) is 5.02 Å². The molecule has 2 aromatic heterocycles. The third-order valence-electron chi connectivity index (χ3n) is 3.03. The molecule has 0 aliphatic rings. The van der Waals surface area contributed by atoms with Crippen LogP contribution < -0.4 is 5.32 Å². The fourth-order valence-corrected chi connectivity index (χ4v) is 3.08. The van der Waals surface area contributed by atoms with E-state index >= 15 is 0 Å². The second-order valence-corrected chi connectivity index (χ2v) is 5.94. The maximum atomic E-state index is 13.2. The fraction of sp³-hybridized carbons (Fsp3) is 0.143. The van der Waals surface area contributed by atoms with Gasteiger partial charge in [0.15, 0.2) is 10.1 Å². The minimum atomic E-state index is -0.374. The number of hydrogen-bond donors (Lipinski definition) is 1. The molecule has 4 nitrogen and oxygen atoms in total. The molecule has 21 heavy (non-hydrogen) atoms. The van der Waals surface area contributed by atoms with Crippen molar-refractivity contribution in [3.8, 4) is 0 Å². The van der Waals surface area contributed by atoms with Crippen molar-refractivity contribution in [3.05, 3.63) is 57.6 Å². The number of thiazole rings is 1. The van der Waals surface area contributed by atoms with Gasteiger partial charge in [0.25, 0.3) is 5.91 Å². The minimum Gasteiger partial charge on any atom is -0.347 e. The lowest BCUT2D eigenvalue weighted by atomic mass is 10.2. The normalized spacial score (nSPS) is 11.0. The van der Waals surface area contributed by atoms with Gasteiger partial charge in [-0.25, -0.2) is 4.98 Å². The van der Waals surface area contributed by atoms with Gasteiger partial charge < -0.3 is 5.32 Å². The molecule has 1 N–H and O–H groups in total. The number of benzene rings is 1. The average molecular weight is 324 g/mol. The smallest absolute Gasteiger partial charge is 0.270 e. The van der Waals surface area contributed by atoms with E-state index in [9.17, 15) is 9.18 Å². The molecule has 0 aliphatic heterocycles. The molecule has 1 aromatic carbocycles. The van der Waals surface area contributed by atoms with Crippen LogP contribution in [0.4, 0.5) is 4.39 Å². The van der Waals surface area contributed by atoms with Gasteiger partial charge in [0, 0.05) is 11.6 Å². The molecular formula is C14H11ClFN3OS. The van der Waals surface area contributed by atoms with Crippen molar-refractivity contribution < 1.29 is 9.18 Å². The van der Waals surface area contributed by atoms with E-state index in [1.807, 2.05) is 12.1 Å². The van der Waals surface area contributed by atoms with Crippen molar-refractivity contribution in [2.24, 2.45) is 0 Å². The Balaban J connectivity index is 1.82. The molecule has 7 heteroatoms. The first-order valence-electron chi connectivity index (χ1n) is 6.21. The van der Waals surface area contributed by atoms with Crippen LogP contribution in [-0.2, 0) is 6.54 Å². The summed E-state index contributed by atoms with van der Waals surface area (Å²) in [6.07, 6.45) is 1.27. The van der Waals surface area contributed by atoms with Crippen LogP contribution in [0.25, 0.3) is 4.96 Å². The lowest BCUT2D eigenvalue weighted by Crippen LogP contribution is -2.24. The van der Waals surface area contributed by atoms with Crippen LogP contribution in [0.5, 0.6) is 0 Å². The Morgan fingerprint density at radius 2 is 2.33 bits per heavy atom. The van der Waals surface area contributed by atoms with Gasteiger partial charge in [0.2, 0.25) is 0 Å². The van der Waals surface area contributed by atoms with E-state index in [0.29, 0.717) is 27.9 Å². The molecular weight excluding hydrogens is 313 g/mol. The molecule has 0 unspecified atom stereocenters. The van der Waals surface area contributed by atoms with Crippen LogP contribution in [0.1, 0.15) is 21.7 Å². The summed E-state index contributed by atoms with van der Waals surface area (Å²) < 4.78 is 14.7. The zero-order valence-corrected chi connectivity index (χ0v) is 12.6. The maximum absolute atomic E-state index is 13.2. The fourth-order valence-electron chi connectivity index (χ4n) is 2.11. The van der Waals surface area contributed by atoms with Crippen LogP contribution in [0.15, 0.2) is 30.5 Å². The molecule has 3 rings (SSSR count). The van der Waals surface area contributed by atoms with Crippen molar-refractivity contribution in [3.63, 3.8) is 0 Å². The van der Waals surface area contributed by atoms with Gasteiger partial charge in [-0.05, 0) is 24.6 Å². The van der Waals surface area contributed by atoms with E-state index in [0.717, 1.165) is 16.9 Å². The number of hydrogen-bond acceptors (Lipinski definition) is 3. The number of carbonyl (C=O) groups is 1. The molecule has 2 heterocycles. The summed E-state index contributed by atoms with van der Waals surface area (Å²) in [6.45, 7) is 2.07. The Bertz CT molecular complexity index is 827. The van der Waals surface area contributed by atoms with E-state index in [4.69, 9.17) is 11.6 Å². The summed E-state index contributed by atoms with van der Waals surface area (Å²) >= 11 is 6.81. The quantitative estimate of drug-likeness (QED) is 0.802. The van der Waals surface area contributed by atoms with Crippen molar-refractivity contribution in [2.75, 3.05) is 0 Å². The van der Waals surface area contributed by atoms with Gasteiger partial charge in [-0.1, -0.05) is 35.1 Å². The van der Waals surface area contributed by atoms with Crippen molar-refractivity contribution in [2.45, 2.75) is 13.5 Å². The molecule has 0 atom stereocenters. The molecule has 0 spiro atoms. The number of carbonyl (C=O) groups excluding carboxylic acids is 1. The van der Waals surface area contributed by atoms with Gasteiger partial charge in [-0.2, -0.15) is 4.39 Å². The summed E-state index contributed by atoms with van der Waals surface area (Å²) in [5, 5.41) is 3.04. The molecule has 0 bridgehead atoms. The number of aryl methyl sites for hydroxylation is 1. The second-order valence-electron chi connectivity index (χ2n) is 4.55. The predicted octanol–water partition coefficient (Wildman–Crippen LogP) is 3.43. The Morgan fingerprint density at radius 3 is 3.10 bits per heavy atom. The molecule has 3 aromatic rings. The number of rotatable bonds is 3. The minimum absolute atomic E-state index is 0.294. The van der Waals surface area contributed by atoms with E-state index in [-0.39, 0.29) is 11.0 Å². The van der Waals surface area contributed by atoms with E-state index < -0.39 is 0 Å². The largest absolute Gasteiger partial charge is 0.347 e. The summed E-state index contributed by atoms with van der Waals surface area (Å²) in [5.74, 6) is -0.294. The van der Waals surface area contributed by atoms with Crippen molar-refractivity contribution in [1.82, 2.24) is 14.7 Å². The van der Waals surface area contributed by atoms with Crippen LogP contribution in [-0.4, -0.2) is 15.3 Å². The maximum Gasteiger partial charge on any atom is 0.270 e. The lowest BCUT2D eigenvalue weighted by molar-refractivity contribution is 0.0944. The number of imidazole rings is 1. The third-order valence-corrected chi connectivity index (χ3v) is 4.04. The molecule has 0 saturated carbocycles. The first-order chi connectivity index (χ1) is 10.0. The SMILES string of the molecule is Cc1nc2sc(F)cn2c1C(=O)NCc1cccc(Cl)c1. The number of halogens is 2. The van der Waals surface area contributed by atoms with Gasteiger partial charge in [0.05, 0.1) is 11.9 Å². The highest BCUT2D eigenvalue weighted by molar-refractivity contribution is 7.15. The van der Waals surface area contributed by atoms with Crippen molar-refractivity contribution in [1.29, 1.82) is 0 Å². The van der Waals surface area contributed by atoms with Crippen molar-refractivity contribution >= 4 is 33.8 Å². The highest BCUT2D eigenvalue weighted by atomic mass is 35.5. The molecule has 0 saturated heterocycles. The lowest BCUT2D eigenvalue weighted by Gasteiger charge is -2.05. The van der Waals surface area contributed by atoms with E-state index in [1.54, 1.807) is 19.1 Å². The zero-order valence-electron chi connectivity index (χ0n) is 11.1. The Labute approximate surface area is 129 Å². The number of aromatic nitrogens is 2. The van der Waals surface area contributed by atoms with Gasteiger partial charge >= 0.3 is 0 Å². The van der Waals surface area contributed by atoms with Gasteiger partial charge in [-0.15, -0.1) is 0 Å². The standard InChI is InChI=1S/C14H11ClFN3OS/c1-8-12(19-7-11(16)21-14(19)18-8)13(20)17-6-9-3-2-4-10(15)5-9/h2-5,7H,6H2,1H3,(H,17,20). The van der Waals surface area contributed by atoms with Crippen LogP contribution in [0, 0.1) is 12.1 Å². The molecule has 0 fully saturated rings. The van der Waals surface area contributed by atoms with Crippen LogP contribution >= 0.6 is 22.9 Å². The van der Waals surface area contributed by atoms with Gasteiger partial charge in [0.1, 0.15) is 5.69 Å². The second kappa shape index (κ2) is 5.46. The Morgan fingerprint density at radius 1 is 1.52 bits per heavy atom. The van der Waals surface area contributed by atoms with E-state index in [2.05, 4.69) is 10.3 Å². The van der Waals surface area contributed by atoms with Gasteiger partial charge in [-0.3, -0.25) is 9.20 Å². The first kappa shape index (κ1) is 14.0. The third kappa shape index (κ3) is 2.77. The van der Waals surface area contributed by atoms with Crippen LogP contribution in [0.3, 0.4) is 0 Å². The summed E-state index contributed by atoms with van der Waals surface area (Å²) in [5.41, 5.74) is 1.82. The molecule has 1 amide bonds. The Hall–Kier alpha value is -1.92. The summed E-state index contributed by atoms with van der Waals surface area (Å²) in [4.78, 5) is 16.9. The first-order valence-corrected chi connectivity index (χ1v) is 7.40. The zero-order chi connectivity index (χ0) is 15.0. The predicted molar refractivity (Wildman–Crippen MR) is 80.4 cm³/mol. The number of nitrogens with zero attached hydrogens (tertiary/aromatic N) is 2. The summed E-state index contributed by atoms with van der Waals surface area (Å²) in [6, 6.07) is 7.24. The monoisotopic (exact) mass is 323 g/mol. The number of nitrogens with one attached hydrogen (secondary N) is 1. The Kier molecular flexibility index (Phi) is 3.65. The van der Waals surface area contributed by atoms with E-state index in [1.165, 1.54) is 10.6 Å². The molecule has 0 radical (unpaired) electrons. The summed E-state index contributed by atoms with van der Waals surface area (Å²) in [7, 11) is 0. The molecule has 108 valence electrons. The number of fused-ring (bicyclic) bond motifs is 1. The highest BCUT2D eigenvalue weighted by Gasteiger charge is 2.18. The number of amides is 1. The topological polar surface area (TPSA) is 46.4 Å². The highest BCUT2D eigenvalue weighted by Crippen LogP contribution is 2.20. The average Bonchev–Trinajstić information content (AvgIpc) is 2.90. The molecule has 0 aliphatic carbocycles.